The molecule has 2 atom stereocenters. The minimum absolute atomic E-state index is 0.240. The molecule has 10 heteroatoms. The van der Waals surface area contributed by atoms with Gasteiger partial charge >= 0.3 is 11.9 Å². The number of carbonyl (C=O) groups is 2. The van der Waals surface area contributed by atoms with Crippen molar-refractivity contribution in [3.8, 4) is 0 Å². The minimum atomic E-state index is -1.10. The third kappa shape index (κ3) is 5.07. The van der Waals surface area contributed by atoms with Crippen molar-refractivity contribution < 1.29 is 23.5 Å². The second-order valence-electron chi connectivity index (χ2n) is 7.45. The third-order valence-corrected chi connectivity index (χ3v) is 6.26. The molecule has 32 heavy (non-hydrogen) atoms. The van der Waals surface area contributed by atoms with Crippen LogP contribution in [0, 0.1) is 5.82 Å². The Morgan fingerprint density at radius 2 is 1.97 bits per heavy atom. The quantitative estimate of drug-likeness (QED) is 0.513. The van der Waals surface area contributed by atoms with Crippen LogP contribution in [0.1, 0.15) is 44.3 Å². The average molecular weight is 524 g/mol. The molecule has 1 aromatic carbocycles. The van der Waals surface area contributed by atoms with Crippen LogP contribution >= 0.6 is 27.3 Å². The van der Waals surface area contributed by atoms with Crippen LogP contribution in [-0.2, 0) is 19.1 Å². The highest BCUT2D eigenvalue weighted by Gasteiger charge is 2.36. The topological polar surface area (TPSA) is 81.1 Å². The Morgan fingerprint density at radius 1 is 1.25 bits per heavy atom. The van der Waals surface area contributed by atoms with Gasteiger partial charge in [0.05, 0.1) is 11.7 Å². The molecule has 1 aromatic heterocycles. The summed E-state index contributed by atoms with van der Waals surface area (Å²) in [5.74, 6) is -1.19. The number of esters is 2. The van der Waals surface area contributed by atoms with Crippen LogP contribution in [-0.4, -0.2) is 46.9 Å². The van der Waals surface area contributed by atoms with Gasteiger partial charge in [-0.2, -0.15) is 0 Å². The standard InChI is InChI=1S/C22H23BrFN3O4S/c1-11(2)30-21(28)13(4)31-22(29)17-12(3)27(5)19(20-25-8-9-32-20)26-18(17)15-7-6-14(24)10-16(15)23/h6-11,13,18H,1-5H3/t13-,18-/m0/s1. The first-order valence-electron chi connectivity index (χ1n) is 9.88. The van der Waals surface area contributed by atoms with E-state index in [-0.39, 0.29) is 11.7 Å². The van der Waals surface area contributed by atoms with Crippen molar-refractivity contribution in [1.29, 1.82) is 0 Å². The molecule has 0 saturated carbocycles. The van der Waals surface area contributed by atoms with Crippen LogP contribution in [0.5, 0.6) is 0 Å². The number of carbonyl (C=O) groups excluding carboxylic acids is 2. The summed E-state index contributed by atoms with van der Waals surface area (Å²) in [4.78, 5) is 36.2. The van der Waals surface area contributed by atoms with Crippen molar-refractivity contribution in [3.63, 3.8) is 0 Å². The van der Waals surface area contributed by atoms with Gasteiger partial charge in [0.15, 0.2) is 16.9 Å². The molecular formula is C22H23BrFN3O4S. The van der Waals surface area contributed by atoms with E-state index in [1.165, 1.54) is 30.4 Å². The predicted octanol–water partition coefficient (Wildman–Crippen LogP) is 4.64. The molecule has 0 amide bonds. The lowest BCUT2D eigenvalue weighted by Gasteiger charge is -2.32. The third-order valence-electron chi connectivity index (χ3n) is 4.80. The van der Waals surface area contributed by atoms with E-state index < -0.39 is 29.9 Å². The molecule has 0 fully saturated rings. The Kier molecular flexibility index (Phi) is 7.45. The molecule has 0 radical (unpaired) electrons. The van der Waals surface area contributed by atoms with Crippen LogP contribution in [0.4, 0.5) is 4.39 Å². The van der Waals surface area contributed by atoms with E-state index in [0.29, 0.717) is 26.6 Å². The number of aromatic nitrogens is 1. The van der Waals surface area contributed by atoms with Crippen LogP contribution < -0.4 is 0 Å². The van der Waals surface area contributed by atoms with Crippen LogP contribution in [0.2, 0.25) is 0 Å². The Balaban J connectivity index is 2.03. The highest BCUT2D eigenvalue weighted by atomic mass is 79.9. The van der Waals surface area contributed by atoms with Crippen molar-refractivity contribution in [3.05, 3.63) is 61.9 Å². The first-order valence-corrected chi connectivity index (χ1v) is 11.6. The van der Waals surface area contributed by atoms with Crippen molar-refractivity contribution in [2.45, 2.75) is 45.9 Å². The number of ether oxygens (including phenoxy) is 2. The number of hydrogen-bond donors (Lipinski definition) is 0. The summed E-state index contributed by atoms with van der Waals surface area (Å²) in [7, 11) is 1.77. The van der Waals surface area contributed by atoms with E-state index >= 15 is 0 Å². The van der Waals surface area contributed by atoms with E-state index in [1.807, 2.05) is 5.38 Å². The summed E-state index contributed by atoms with van der Waals surface area (Å²) in [6.07, 6.45) is 0.236. The molecular weight excluding hydrogens is 501 g/mol. The van der Waals surface area contributed by atoms with Gasteiger partial charge in [0.2, 0.25) is 0 Å². The Labute approximate surface area is 198 Å². The molecule has 1 aliphatic heterocycles. The zero-order chi connectivity index (χ0) is 23.6. The summed E-state index contributed by atoms with van der Waals surface area (Å²) < 4.78 is 24.8. The second kappa shape index (κ2) is 9.91. The molecule has 170 valence electrons. The number of rotatable bonds is 6. The number of aliphatic imine (C=N–C) groups is 1. The van der Waals surface area contributed by atoms with Gasteiger partial charge in [-0.1, -0.05) is 22.0 Å². The molecule has 2 heterocycles. The van der Waals surface area contributed by atoms with Crippen molar-refractivity contribution >= 4 is 45.0 Å². The summed E-state index contributed by atoms with van der Waals surface area (Å²) in [6.45, 7) is 6.65. The Bertz CT molecular complexity index is 1080. The molecule has 0 aliphatic carbocycles. The highest BCUT2D eigenvalue weighted by molar-refractivity contribution is 9.10. The fraction of sp³-hybridized carbons (Fsp3) is 0.364. The van der Waals surface area contributed by atoms with E-state index in [2.05, 4.69) is 20.9 Å². The van der Waals surface area contributed by atoms with Gasteiger partial charge in [-0.25, -0.2) is 19.0 Å². The molecule has 0 unspecified atom stereocenters. The Hall–Kier alpha value is -2.59. The molecule has 0 N–H and O–H groups in total. The fourth-order valence-corrected chi connectivity index (χ4v) is 4.39. The average Bonchev–Trinajstić information content (AvgIpc) is 3.24. The molecule has 0 bridgehead atoms. The zero-order valence-corrected chi connectivity index (χ0v) is 20.7. The van der Waals surface area contributed by atoms with Crippen LogP contribution in [0.25, 0.3) is 0 Å². The minimum Gasteiger partial charge on any atom is -0.460 e. The van der Waals surface area contributed by atoms with Crippen LogP contribution in [0.3, 0.4) is 0 Å². The highest BCUT2D eigenvalue weighted by Crippen LogP contribution is 2.39. The maximum Gasteiger partial charge on any atom is 0.347 e. The predicted molar refractivity (Wildman–Crippen MR) is 123 cm³/mol. The molecule has 7 nitrogen and oxygen atoms in total. The van der Waals surface area contributed by atoms with Gasteiger partial charge in [0.1, 0.15) is 11.9 Å². The fourth-order valence-electron chi connectivity index (χ4n) is 3.15. The van der Waals surface area contributed by atoms with Gasteiger partial charge in [0.25, 0.3) is 0 Å². The maximum absolute atomic E-state index is 13.7. The van der Waals surface area contributed by atoms with Crippen molar-refractivity contribution in [1.82, 2.24) is 9.88 Å². The van der Waals surface area contributed by atoms with Gasteiger partial charge in [-0.15, -0.1) is 11.3 Å². The number of halogens is 2. The Morgan fingerprint density at radius 3 is 2.56 bits per heavy atom. The zero-order valence-electron chi connectivity index (χ0n) is 18.3. The summed E-state index contributed by atoms with van der Waals surface area (Å²) >= 11 is 4.79. The summed E-state index contributed by atoms with van der Waals surface area (Å²) in [5, 5.41) is 2.51. The lowest BCUT2D eigenvalue weighted by molar-refractivity contribution is -0.167. The number of nitrogens with zero attached hydrogens (tertiary/aromatic N) is 3. The lowest BCUT2D eigenvalue weighted by Crippen LogP contribution is -2.36. The van der Waals surface area contributed by atoms with E-state index in [1.54, 1.807) is 45.0 Å². The second-order valence-corrected chi connectivity index (χ2v) is 9.20. The van der Waals surface area contributed by atoms with E-state index in [0.717, 1.165) is 0 Å². The molecule has 0 saturated heterocycles. The first-order chi connectivity index (χ1) is 15.1. The SMILES string of the molecule is CC1=C(C(=O)O[C@@H](C)C(=O)OC(C)C)[C@H](c2ccc(F)cc2Br)N=C(c2nccs2)N1C. The van der Waals surface area contributed by atoms with Crippen molar-refractivity contribution in [2.24, 2.45) is 4.99 Å². The van der Waals surface area contributed by atoms with Gasteiger partial charge in [0, 0.05) is 28.8 Å². The monoisotopic (exact) mass is 523 g/mol. The van der Waals surface area contributed by atoms with Crippen LogP contribution in [0.15, 0.2) is 50.5 Å². The summed E-state index contributed by atoms with van der Waals surface area (Å²) in [6, 6.07) is 3.39. The molecule has 0 spiro atoms. The molecule has 1 aliphatic rings. The van der Waals surface area contributed by atoms with Gasteiger partial charge in [-0.05, 0) is 45.4 Å². The number of thiazole rings is 1. The molecule has 3 rings (SSSR count). The van der Waals surface area contributed by atoms with E-state index in [4.69, 9.17) is 14.5 Å². The lowest BCUT2D eigenvalue weighted by atomic mass is 9.95. The number of allylic oxidation sites excluding steroid dienone is 1. The first kappa shape index (κ1) is 24.1. The van der Waals surface area contributed by atoms with Gasteiger partial charge < -0.3 is 14.4 Å². The number of benzene rings is 1. The van der Waals surface area contributed by atoms with Crippen molar-refractivity contribution in [2.75, 3.05) is 7.05 Å². The molecule has 2 aromatic rings. The maximum atomic E-state index is 13.7. The number of hydrogen-bond acceptors (Lipinski definition) is 8. The normalized spacial score (nSPS) is 17.3. The van der Waals surface area contributed by atoms with E-state index in [9.17, 15) is 14.0 Å². The largest absolute Gasteiger partial charge is 0.460 e. The summed E-state index contributed by atoms with van der Waals surface area (Å²) in [5.41, 5.74) is 1.41. The van der Waals surface area contributed by atoms with Gasteiger partial charge in [-0.3, -0.25) is 4.99 Å². The smallest absolute Gasteiger partial charge is 0.347 e. The number of amidine groups is 1.